The molecule has 1 saturated heterocycles. The van der Waals surface area contributed by atoms with Gasteiger partial charge in [-0.2, -0.15) is 31.6 Å². The molecule has 17 heteroatoms. The summed E-state index contributed by atoms with van der Waals surface area (Å²) in [7, 11) is -4.95. The van der Waals surface area contributed by atoms with Gasteiger partial charge in [-0.25, -0.2) is 13.1 Å². The van der Waals surface area contributed by atoms with E-state index in [2.05, 4.69) is 15.6 Å². The molecule has 0 radical (unpaired) electrons. The van der Waals surface area contributed by atoms with E-state index in [1.54, 1.807) is 0 Å². The van der Waals surface area contributed by atoms with Crippen LogP contribution in [0.25, 0.3) is 5.69 Å². The Morgan fingerprint density at radius 1 is 1.12 bits per heavy atom. The predicted octanol–water partition coefficient (Wildman–Crippen LogP) is 2.79. The highest BCUT2D eigenvalue weighted by atomic mass is 32.2. The Hall–Kier alpha value is -3.68. The van der Waals surface area contributed by atoms with Gasteiger partial charge in [-0.15, -0.1) is 5.10 Å². The van der Waals surface area contributed by atoms with Crippen molar-refractivity contribution in [3.63, 3.8) is 0 Å². The van der Waals surface area contributed by atoms with E-state index >= 15 is 0 Å². The van der Waals surface area contributed by atoms with Crippen LogP contribution < -0.4 is 5.32 Å². The number of nitrogens with one attached hydrogen (secondary N) is 1. The van der Waals surface area contributed by atoms with Gasteiger partial charge in [-0.1, -0.05) is 5.21 Å². The smallest absolute Gasteiger partial charge is 0.336 e. The highest BCUT2D eigenvalue weighted by Gasteiger charge is 2.70. The van der Waals surface area contributed by atoms with Gasteiger partial charge in [0, 0.05) is 7.97 Å². The molecule has 2 amide bonds. The van der Waals surface area contributed by atoms with Gasteiger partial charge >= 0.3 is 12.4 Å². The molecule has 1 N–H and O–H groups in total. The summed E-state index contributed by atoms with van der Waals surface area (Å²) in [6, 6.07) is 2.40. The van der Waals surface area contributed by atoms with Crippen LogP contribution in [0.1, 0.15) is 39.1 Å². The van der Waals surface area contributed by atoms with Crippen LogP contribution in [0.5, 0.6) is 0 Å². The fourth-order valence-electron chi connectivity index (χ4n) is 4.88. The Morgan fingerprint density at radius 3 is 2.30 bits per heavy atom. The molecule has 2 atom stereocenters. The number of rotatable bonds is 6. The summed E-state index contributed by atoms with van der Waals surface area (Å²) in [6.45, 7) is -0.932. The van der Waals surface area contributed by atoms with Crippen molar-refractivity contribution in [2.75, 3.05) is 6.54 Å². The summed E-state index contributed by atoms with van der Waals surface area (Å²) in [5.41, 5.74) is -5.80. The van der Waals surface area contributed by atoms with Crippen LogP contribution in [0.3, 0.4) is 0 Å². The van der Waals surface area contributed by atoms with Crippen molar-refractivity contribution in [1.82, 2.24) is 25.2 Å². The number of hydrogen-bond donors (Lipinski definition) is 1. The first-order valence-corrected chi connectivity index (χ1v) is 13.5. The minimum Gasteiger partial charge on any atom is -0.336 e. The van der Waals surface area contributed by atoms with Crippen LogP contribution in [0.4, 0.5) is 26.3 Å². The second-order valence-electron chi connectivity index (χ2n) is 10.2. The maximum Gasteiger partial charge on any atom is 0.417 e. The minimum absolute atomic E-state index is 0. The predicted molar refractivity (Wildman–Crippen MR) is 123 cm³/mol. The third-order valence-corrected chi connectivity index (χ3v) is 9.74. The van der Waals surface area contributed by atoms with E-state index in [4.69, 9.17) is 0 Å². The molecule has 2 aromatic rings. The fraction of sp³-hybridized carbons (Fsp3) is 0.522. The highest BCUT2D eigenvalue weighted by Crippen LogP contribution is 2.59. The van der Waals surface area contributed by atoms with Crippen molar-refractivity contribution < 1.29 is 45.8 Å². The average Bonchev–Trinajstić information content (AvgIpc) is 3.73. The summed E-state index contributed by atoms with van der Waals surface area (Å²) in [4.78, 5) is 25.5. The summed E-state index contributed by atoms with van der Waals surface area (Å²) < 4.78 is 111. The number of hydrogen-bond acceptors (Lipinski definition) is 7. The molecule has 1 aromatic heterocycles. The largest absolute Gasteiger partial charge is 0.417 e. The normalized spacial score (nSPS) is 23.4. The van der Waals surface area contributed by atoms with Gasteiger partial charge in [-0.3, -0.25) is 9.59 Å². The van der Waals surface area contributed by atoms with Crippen LogP contribution in [-0.2, 0) is 25.6 Å². The molecule has 3 aliphatic rings. The zero-order valence-electron chi connectivity index (χ0n) is 20.3. The number of nitrogens with zero attached hydrogens (tertiary/aromatic N) is 5. The summed E-state index contributed by atoms with van der Waals surface area (Å²) in [5, 5.41) is 16.9. The molecule has 0 bridgehead atoms. The fourth-order valence-corrected chi connectivity index (χ4v) is 6.77. The summed E-state index contributed by atoms with van der Waals surface area (Å²) in [5.74, 6) is -2.56. The Kier molecular flexibility index (Phi) is 6.21. The number of benzene rings is 1. The lowest BCUT2D eigenvalue weighted by atomic mass is 10.0. The van der Waals surface area contributed by atoms with Crippen LogP contribution in [0.2, 0.25) is 0 Å². The van der Waals surface area contributed by atoms with Crippen LogP contribution in [0.15, 0.2) is 35.5 Å². The van der Waals surface area contributed by atoms with Gasteiger partial charge in [0.1, 0.15) is 17.0 Å². The zero-order chi connectivity index (χ0) is 29.3. The molecule has 0 spiro atoms. The Morgan fingerprint density at radius 2 is 1.80 bits per heavy atom. The number of carbonyl (C=O) groups excluding carboxylic acids is 2. The molecular formula is C23H22F6N6O4S. The second kappa shape index (κ2) is 8.91. The van der Waals surface area contributed by atoms with Crippen molar-refractivity contribution in [3.8, 4) is 11.8 Å². The standard InChI is InChI=1S/C23H20F6N6O4S.H2/c24-22(25,26)15-9-13(35-8-7-31-33-35)1-2-17(15)40(38,39)14-10-16(18(36)32-20(12-30)3-4-20)34(11-14)19(37)21(5-6-21)23(27,28)29;/h1-2,7-9,14,16H,3-6,10-11H2,(H,32,36);1H/t14-,16+;/m1./s1. The molecule has 216 valence electrons. The summed E-state index contributed by atoms with van der Waals surface area (Å²) >= 11 is 0. The number of carbonyl (C=O) groups is 2. The molecule has 2 aliphatic carbocycles. The number of amides is 2. The quantitative estimate of drug-likeness (QED) is 0.509. The average molecular weight is 593 g/mol. The maximum atomic E-state index is 14.0. The molecule has 10 nitrogen and oxygen atoms in total. The monoisotopic (exact) mass is 592 g/mol. The van der Waals surface area contributed by atoms with Gasteiger partial charge in [-0.05, 0) is 50.3 Å². The van der Waals surface area contributed by atoms with E-state index in [9.17, 15) is 49.6 Å². The van der Waals surface area contributed by atoms with Crippen molar-refractivity contribution >= 4 is 21.7 Å². The molecular weight excluding hydrogens is 570 g/mol. The first-order chi connectivity index (χ1) is 18.5. The third-order valence-electron chi connectivity index (χ3n) is 7.56. The number of nitriles is 1. The van der Waals surface area contributed by atoms with E-state index in [1.165, 1.54) is 12.4 Å². The molecule has 5 rings (SSSR count). The number of alkyl halides is 6. The third kappa shape index (κ3) is 4.57. The first-order valence-electron chi connectivity index (χ1n) is 12.0. The van der Waals surface area contributed by atoms with Crippen molar-refractivity contribution in [3.05, 3.63) is 36.2 Å². The lowest BCUT2D eigenvalue weighted by molar-refractivity contribution is -0.199. The minimum atomic E-state index is -5.16. The van der Waals surface area contributed by atoms with Crippen LogP contribution >= 0.6 is 0 Å². The molecule has 2 saturated carbocycles. The molecule has 2 heterocycles. The highest BCUT2D eigenvalue weighted by molar-refractivity contribution is 7.92. The van der Waals surface area contributed by atoms with Gasteiger partial charge in [0.25, 0.3) is 0 Å². The maximum absolute atomic E-state index is 14.0. The van der Waals surface area contributed by atoms with E-state index < -0.39 is 92.5 Å². The Bertz CT molecular complexity index is 1510. The van der Waals surface area contributed by atoms with E-state index in [0.29, 0.717) is 17.0 Å². The number of aromatic nitrogens is 3. The lowest BCUT2D eigenvalue weighted by Crippen LogP contribution is -2.53. The molecule has 0 unspecified atom stereocenters. The number of likely N-dealkylation sites (tertiary alicyclic amines) is 1. The zero-order valence-corrected chi connectivity index (χ0v) is 21.1. The van der Waals surface area contributed by atoms with Crippen molar-refractivity contribution in [2.24, 2.45) is 5.41 Å². The van der Waals surface area contributed by atoms with Gasteiger partial charge in [0.2, 0.25) is 11.8 Å². The number of sulfone groups is 1. The topological polar surface area (TPSA) is 138 Å². The molecule has 1 aliphatic heterocycles. The first kappa shape index (κ1) is 27.9. The van der Waals surface area contributed by atoms with Crippen LogP contribution in [0, 0.1) is 16.7 Å². The van der Waals surface area contributed by atoms with Crippen molar-refractivity contribution in [2.45, 2.75) is 66.2 Å². The number of halogens is 6. The van der Waals surface area contributed by atoms with E-state index in [-0.39, 0.29) is 20.0 Å². The Balaban J connectivity index is 0.00000387. The van der Waals surface area contributed by atoms with Crippen molar-refractivity contribution in [1.29, 1.82) is 5.26 Å². The molecule has 3 fully saturated rings. The van der Waals surface area contributed by atoms with Gasteiger partial charge in [0.05, 0.1) is 39.9 Å². The molecule has 40 heavy (non-hydrogen) atoms. The van der Waals surface area contributed by atoms with Crippen LogP contribution in [-0.4, -0.2) is 69.7 Å². The van der Waals surface area contributed by atoms with Gasteiger partial charge in [0.15, 0.2) is 9.84 Å². The second-order valence-corrected chi connectivity index (χ2v) is 12.4. The van der Waals surface area contributed by atoms with Gasteiger partial charge < -0.3 is 10.2 Å². The van der Waals surface area contributed by atoms with E-state index in [0.717, 1.165) is 10.7 Å². The van der Waals surface area contributed by atoms with E-state index in [1.807, 2.05) is 6.07 Å². The lowest BCUT2D eigenvalue weighted by Gasteiger charge is -2.29. The Labute approximate surface area is 224 Å². The molecule has 1 aromatic carbocycles. The SMILES string of the molecule is N#CC1(NC(=O)[C@@H]2C[C@@H](S(=O)(=O)c3ccc(-n4ccnn4)cc3C(F)(F)F)CN2C(=O)C2(C(F)(F)F)CC2)CC1.[HH]. The summed E-state index contributed by atoms with van der Waals surface area (Å²) in [6.07, 6.45) is -9.11.